The second kappa shape index (κ2) is 8.04. The number of rotatable bonds is 6. The number of hydrogen-bond donors (Lipinski definition) is 1. The molecule has 158 valence electrons. The quantitative estimate of drug-likeness (QED) is 0.641. The molecule has 1 N–H and O–H groups in total. The number of carbonyl (C=O) groups excluding carboxylic acids is 1. The molecule has 1 fully saturated rings. The van der Waals surface area contributed by atoms with E-state index in [-0.39, 0.29) is 29.4 Å². The fourth-order valence-electron chi connectivity index (χ4n) is 3.53. The van der Waals surface area contributed by atoms with Gasteiger partial charge >= 0.3 is 5.76 Å². The van der Waals surface area contributed by atoms with Crippen molar-refractivity contribution in [2.45, 2.75) is 37.6 Å². The van der Waals surface area contributed by atoms with E-state index in [0.717, 1.165) is 18.5 Å². The van der Waals surface area contributed by atoms with E-state index in [0.29, 0.717) is 24.4 Å². The van der Waals surface area contributed by atoms with E-state index in [9.17, 15) is 18.0 Å². The Hall–Kier alpha value is -2.98. The molecule has 1 aliphatic rings. The van der Waals surface area contributed by atoms with Crippen LogP contribution >= 0.6 is 0 Å². The van der Waals surface area contributed by atoms with Crippen LogP contribution in [0.1, 0.15) is 25.0 Å². The third kappa shape index (κ3) is 4.01. The summed E-state index contributed by atoms with van der Waals surface area (Å²) in [6.45, 7) is 2.92. The van der Waals surface area contributed by atoms with Crippen molar-refractivity contribution in [1.82, 2.24) is 13.9 Å². The second-order valence-electron chi connectivity index (χ2n) is 7.22. The SMILES string of the molecule is Cc1cccc(NC(=O)CCn2c(=O)oc3cc(S(=O)(=O)N4CCCC4)ccc32)n1. The number of carbonyl (C=O) groups is 1. The van der Waals surface area contributed by atoms with Gasteiger partial charge < -0.3 is 9.73 Å². The van der Waals surface area contributed by atoms with Crippen LogP contribution in [-0.2, 0) is 21.4 Å². The summed E-state index contributed by atoms with van der Waals surface area (Å²) in [5, 5.41) is 2.69. The zero-order valence-electron chi connectivity index (χ0n) is 16.5. The number of hydrogen-bond acceptors (Lipinski definition) is 6. The summed E-state index contributed by atoms with van der Waals surface area (Å²) in [4.78, 5) is 28.8. The first kappa shape index (κ1) is 20.3. The fourth-order valence-corrected chi connectivity index (χ4v) is 5.06. The Morgan fingerprint density at radius 2 is 1.97 bits per heavy atom. The van der Waals surface area contributed by atoms with Crippen molar-refractivity contribution in [3.63, 3.8) is 0 Å². The van der Waals surface area contributed by atoms with Gasteiger partial charge in [0.25, 0.3) is 0 Å². The minimum atomic E-state index is -3.61. The smallest absolute Gasteiger partial charge is 0.408 e. The average Bonchev–Trinajstić information content (AvgIpc) is 3.34. The highest BCUT2D eigenvalue weighted by Crippen LogP contribution is 2.24. The molecule has 0 atom stereocenters. The maximum atomic E-state index is 12.7. The number of fused-ring (bicyclic) bond motifs is 1. The van der Waals surface area contributed by atoms with Crippen molar-refractivity contribution in [3.05, 3.63) is 52.6 Å². The lowest BCUT2D eigenvalue weighted by Crippen LogP contribution is -2.27. The van der Waals surface area contributed by atoms with Gasteiger partial charge in [-0.15, -0.1) is 0 Å². The van der Waals surface area contributed by atoms with Gasteiger partial charge in [0, 0.05) is 37.8 Å². The van der Waals surface area contributed by atoms with Crippen LogP contribution in [0.4, 0.5) is 5.82 Å². The molecule has 1 amide bonds. The molecule has 3 heterocycles. The van der Waals surface area contributed by atoms with Gasteiger partial charge in [-0.2, -0.15) is 4.31 Å². The molecular formula is C20H22N4O5S. The molecule has 9 nitrogen and oxygen atoms in total. The summed E-state index contributed by atoms with van der Waals surface area (Å²) in [6, 6.07) is 9.69. The maximum Gasteiger partial charge on any atom is 0.419 e. The van der Waals surface area contributed by atoms with Crippen LogP contribution in [0, 0.1) is 6.92 Å². The van der Waals surface area contributed by atoms with Crippen molar-refractivity contribution in [2.75, 3.05) is 18.4 Å². The van der Waals surface area contributed by atoms with Crippen LogP contribution in [-0.4, -0.2) is 41.3 Å². The van der Waals surface area contributed by atoms with Crippen LogP contribution in [0.25, 0.3) is 11.1 Å². The van der Waals surface area contributed by atoms with Gasteiger partial charge in [0.15, 0.2) is 5.58 Å². The van der Waals surface area contributed by atoms with E-state index in [1.165, 1.54) is 21.0 Å². The zero-order valence-corrected chi connectivity index (χ0v) is 17.3. The number of oxazole rings is 1. The molecule has 0 spiro atoms. The lowest BCUT2D eigenvalue weighted by molar-refractivity contribution is -0.116. The standard InChI is InChI=1S/C20H22N4O5S/c1-14-5-4-6-18(21-14)22-19(25)9-12-24-16-8-7-15(13-17(16)29-20(24)26)30(27,28)23-10-2-3-11-23/h4-8,13H,2-3,9-12H2,1H3,(H,21,22,25). The molecule has 1 aliphatic heterocycles. The van der Waals surface area contributed by atoms with E-state index in [2.05, 4.69) is 10.3 Å². The molecule has 2 aromatic heterocycles. The number of anilines is 1. The van der Waals surface area contributed by atoms with Crippen LogP contribution in [0.5, 0.6) is 0 Å². The van der Waals surface area contributed by atoms with Gasteiger partial charge in [-0.3, -0.25) is 9.36 Å². The molecule has 1 aromatic carbocycles. The van der Waals surface area contributed by atoms with Gasteiger partial charge in [-0.1, -0.05) is 6.07 Å². The normalized spacial score (nSPS) is 15.0. The van der Waals surface area contributed by atoms with E-state index < -0.39 is 15.8 Å². The first-order valence-electron chi connectivity index (χ1n) is 9.72. The summed E-state index contributed by atoms with van der Waals surface area (Å²) in [6.07, 6.45) is 1.72. The molecule has 0 saturated carbocycles. The topological polar surface area (TPSA) is 115 Å². The Bertz CT molecular complexity index is 1260. The van der Waals surface area contributed by atoms with E-state index in [1.807, 2.05) is 13.0 Å². The van der Waals surface area contributed by atoms with Crippen molar-refractivity contribution < 1.29 is 17.6 Å². The maximum absolute atomic E-state index is 12.7. The fraction of sp³-hybridized carbons (Fsp3) is 0.350. The van der Waals surface area contributed by atoms with Crippen molar-refractivity contribution in [2.24, 2.45) is 0 Å². The van der Waals surface area contributed by atoms with Gasteiger partial charge in [0.1, 0.15) is 5.82 Å². The lowest BCUT2D eigenvalue weighted by Gasteiger charge is -2.15. The van der Waals surface area contributed by atoms with Crippen LogP contribution < -0.4 is 11.1 Å². The summed E-state index contributed by atoms with van der Waals surface area (Å²) in [5.41, 5.74) is 1.41. The Labute approximate surface area is 173 Å². The number of amides is 1. The average molecular weight is 430 g/mol. The molecule has 1 saturated heterocycles. The number of sulfonamides is 1. The second-order valence-corrected chi connectivity index (χ2v) is 9.16. The minimum absolute atomic E-state index is 0.0397. The first-order valence-corrected chi connectivity index (χ1v) is 11.2. The zero-order chi connectivity index (χ0) is 21.3. The summed E-state index contributed by atoms with van der Waals surface area (Å²) < 4.78 is 33.5. The summed E-state index contributed by atoms with van der Waals surface area (Å²) in [7, 11) is -3.61. The molecule has 30 heavy (non-hydrogen) atoms. The molecule has 4 rings (SSSR count). The Morgan fingerprint density at radius 3 is 2.70 bits per heavy atom. The van der Waals surface area contributed by atoms with Gasteiger partial charge in [-0.05, 0) is 44.0 Å². The largest absolute Gasteiger partial charge is 0.419 e. The summed E-state index contributed by atoms with van der Waals surface area (Å²) in [5.74, 6) is -0.481. The molecule has 10 heteroatoms. The molecule has 0 aliphatic carbocycles. The van der Waals surface area contributed by atoms with Gasteiger partial charge in [-0.25, -0.2) is 18.2 Å². The van der Waals surface area contributed by atoms with Gasteiger partial charge in [0.2, 0.25) is 15.9 Å². The van der Waals surface area contributed by atoms with Crippen molar-refractivity contribution in [1.29, 1.82) is 0 Å². The number of nitrogens with one attached hydrogen (secondary N) is 1. The minimum Gasteiger partial charge on any atom is -0.408 e. The number of aryl methyl sites for hydroxylation is 2. The Morgan fingerprint density at radius 1 is 1.20 bits per heavy atom. The van der Waals surface area contributed by atoms with Crippen molar-refractivity contribution in [3.8, 4) is 0 Å². The Kier molecular flexibility index (Phi) is 5.44. The number of aromatic nitrogens is 2. The predicted molar refractivity (Wildman–Crippen MR) is 111 cm³/mol. The first-order chi connectivity index (χ1) is 14.3. The molecular weight excluding hydrogens is 408 g/mol. The van der Waals surface area contributed by atoms with Gasteiger partial charge in [0.05, 0.1) is 10.4 Å². The van der Waals surface area contributed by atoms with Crippen LogP contribution in [0.3, 0.4) is 0 Å². The number of pyridine rings is 1. The molecule has 0 radical (unpaired) electrons. The highest BCUT2D eigenvalue weighted by atomic mass is 32.2. The lowest BCUT2D eigenvalue weighted by atomic mass is 10.3. The predicted octanol–water partition coefficient (Wildman–Crippen LogP) is 2.11. The van der Waals surface area contributed by atoms with Crippen LogP contribution in [0.2, 0.25) is 0 Å². The number of benzene rings is 1. The van der Waals surface area contributed by atoms with E-state index >= 15 is 0 Å². The molecule has 0 unspecified atom stereocenters. The van der Waals surface area contributed by atoms with Crippen LogP contribution in [0.15, 0.2) is 50.5 Å². The molecule has 3 aromatic rings. The summed E-state index contributed by atoms with van der Waals surface area (Å²) >= 11 is 0. The van der Waals surface area contributed by atoms with E-state index in [1.54, 1.807) is 18.2 Å². The third-order valence-electron chi connectivity index (χ3n) is 5.06. The highest BCUT2D eigenvalue weighted by molar-refractivity contribution is 7.89. The number of nitrogens with zero attached hydrogens (tertiary/aromatic N) is 3. The Balaban J connectivity index is 1.51. The third-order valence-corrected chi connectivity index (χ3v) is 6.96. The molecule has 0 bridgehead atoms. The monoisotopic (exact) mass is 430 g/mol. The van der Waals surface area contributed by atoms with E-state index in [4.69, 9.17) is 4.42 Å². The van der Waals surface area contributed by atoms with Crippen molar-refractivity contribution >= 4 is 32.8 Å². The highest BCUT2D eigenvalue weighted by Gasteiger charge is 2.28.